The molecule has 0 radical (unpaired) electrons. The minimum absolute atomic E-state index is 0.0511. The average Bonchev–Trinajstić information content (AvgIpc) is 3.66. The first kappa shape index (κ1) is 30.0. The summed E-state index contributed by atoms with van der Waals surface area (Å²) in [5, 5.41) is 4.99. The van der Waals surface area contributed by atoms with Gasteiger partial charge < -0.3 is 19.1 Å². The maximum Gasteiger partial charge on any atom is 0.324 e. The van der Waals surface area contributed by atoms with Crippen LogP contribution in [-0.2, 0) is 24.2 Å². The highest BCUT2D eigenvalue weighted by atomic mass is 32.1. The SMILES string of the molecule is C1CC1.CC(C)c1noc(N2CCCCC2)n1.CCOc1ccc(CC(=O)N2CCc3nc(C)sc3C2)c(F)c1. The molecule has 3 aliphatic rings. The summed E-state index contributed by atoms with van der Waals surface area (Å²) in [6.45, 7) is 11.8. The zero-order valence-corrected chi connectivity index (χ0v) is 25.1. The molecule has 2 aliphatic heterocycles. The van der Waals surface area contributed by atoms with Gasteiger partial charge in [-0.15, -0.1) is 11.3 Å². The highest BCUT2D eigenvalue weighted by Gasteiger charge is 2.24. The largest absolute Gasteiger partial charge is 0.494 e. The summed E-state index contributed by atoms with van der Waals surface area (Å²) in [6, 6.07) is 5.38. The van der Waals surface area contributed by atoms with Crippen LogP contribution < -0.4 is 9.64 Å². The van der Waals surface area contributed by atoms with Crippen molar-refractivity contribution in [3.63, 3.8) is 0 Å². The lowest BCUT2D eigenvalue weighted by molar-refractivity contribution is -0.131. The molecule has 2 fully saturated rings. The summed E-state index contributed by atoms with van der Waals surface area (Å²) in [5.74, 6) is 1.20. The molecule has 218 valence electrons. The van der Waals surface area contributed by atoms with Crippen LogP contribution in [0.15, 0.2) is 22.7 Å². The number of ether oxygens (including phenoxy) is 1. The summed E-state index contributed by atoms with van der Waals surface area (Å²) < 4.78 is 24.6. The number of rotatable bonds is 6. The predicted octanol–water partition coefficient (Wildman–Crippen LogP) is 6.47. The zero-order valence-electron chi connectivity index (χ0n) is 24.2. The van der Waals surface area contributed by atoms with E-state index in [1.807, 2.05) is 13.8 Å². The van der Waals surface area contributed by atoms with Crippen molar-refractivity contribution in [2.75, 3.05) is 31.1 Å². The van der Waals surface area contributed by atoms with Crippen molar-refractivity contribution < 1.29 is 18.4 Å². The van der Waals surface area contributed by atoms with Gasteiger partial charge in [0.1, 0.15) is 11.6 Å². The number of halogens is 1. The normalized spacial score (nSPS) is 15.9. The second-order valence-corrected chi connectivity index (χ2v) is 12.0. The Kier molecular flexibility index (Phi) is 10.9. The summed E-state index contributed by atoms with van der Waals surface area (Å²) in [7, 11) is 0. The Morgan fingerprint density at radius 3 is 2.45 bits per heavy atom. The lowest BCUT2D eigenvalue weighted by Gasteiger charge is -2.26. The smallest absolute Gasteiger partial charge is 0.324 e. The maximum atomic E-state index is 14.1. The van der Waals surface area contributed by atoms with Crippen molar-refractivity contribution in [3.8, 4) is 5.75 Å². The predicted molar refractivity (Wildman–Crippen MR) is 156 cm³/mol. The van der Waals surface area contributed by atoms with Crippen LogP contribution in [0.3, 0.4) is 0 Å². The fourth-order valence-electron chi connectivity index (χ4n) is 4.41. The lowest BCUT2D eigenvalue weighted by atomic mass is 10.1. The molecule has 1 saturated heterocycles. The summed E-state index contributed by atoms with van der Waals surface area (Å²) in [5.41, 5.74) is 1.51. The number of amides is 1. The minimum Gasteiger partial charge on any atom is -0.494 e. The summed E-state index contributed by atoms with van der Waals surface area (Å²) in [4.78, 5) is 26.4. The molecule has 2 aromatic heterocycles. The van der Waals surface area contributed by atoms with E-state index in [1.165, 1.54) is 44.6 Å². The van der Waals surface area contributed by atoms with Crippen molar-refractivity contribution >= 4 is 23.3 Å². The van der Waals surface area contributed by atoms with E-state index in [0.717, 1.165) is 40.9 Å². The third kappa shape index (κ3) is 8.74. The Bertz CT molecular complexity index is 1230. The number of nitrogens with zero attached hydrogens (tertiary/aromatic N) is 5. The lowest BCUT2D eigenvalue weighted by Crippen LogP contribution is -2.36. The van der Waals surface area contributed by atoms with Crippen molar-refractivity contribution in [2.24, 2.45) is 0 Å². The number of piperidine rings is 1. The van der Waals surface area contributed by atoms with Crippen LogP contribution in [0.2, 0.25) is 0 Å². The van der Waals surface area contributed by atoms with Crippen LogP contribution in [0, 0.1) is 12.7 Å². The average molecular weight is 572 g/mol. The molecule has 0 spiro atoms. The van der Waals surface area contributed by atoms with Crippen molar-refractivity contribution in [1.29, 1.82) is 0 Å². The van der Waals surface area contributed by atoms with Crippen LogP contribution in [0.1, 0.15) is 92.2 Å². The molecule has 10 heteroatoms. The third-order valence-electron chi connectivity index (χ3n) is 6.80. The highest BCUT2D eigenvalue weighted by molar-refractivity contribution is 7.11. The number of thiazole rings is 1. The van der Waals surface area contributed by atoms with E-state index < -0.39 is 5.82 Å². The molecule has 0 N–H and O–H groups in total. The Morgan fingerprint density at radius 1 is 1.10 bits per heavy atom. The standard InChI is InChI=1S/C17H19FN2O2S.C10H17N3O.C3H6/c1-3-22-13-5-4-12(14(18)9-13)8-17(21)20-7-6-15-16(10-20)23-11(2)19-15;1-8(2)9-11-10(14-12-9)13-6-4-3-5-7-13;1-2-3-1/h4-5,9H,3,6-8,10H2,1-2H3;8H,3-7H2,1-2H3;1-3H2. The molecule has 1 saturated carbocycles. The topological polar surface area (TPSA) is 84.6 Å². The number of benzene rings is 1. The first-order valence-corrected chi connectivity index (χ1v) is 15.4. The number of hydrogen-bond donors (Lipinski definition) is 0. The van der Waals surface area contributed by atoms with E-state index in [1.54, 1.807) is 28.4 Å². The van der Waals surface area contributed by atoms with Crippen molar-refractivity contribution in [1.82, 2.24) is 20.0 Å². The number of aromatic nitrogens is 3. The Labute approximate surface area is 240 Å². The number of aryl methyl sites for hydroxylation is 1. The van der Waals surface area contributed by atoms with Crippen LogP contribution in [0.4, 0.5) is 10.4 Å². The molecular formula is C30H42FN5O3S. The van der Waals surface area contributed by atoms with E-state index in [2.05, 4.69) is 33.9 Å². The van der Waals surface area contributed by atoms with E-state index in [-0.39, 0.29) is 12.3 Å². The van der Waals surface area contributed by atoms with Crippen LogP contribution in [-0.4, -0.2) is 52.2 Å². The van der Waals surface area contributed by atoms with Crippen LogP contribution in [0.25, 0.3) is 0 Å². The fourth-order valence-corrected chi connectivity index (χ4v) is 5.41. The first-order valence-electron chi connectivity index (χ1n) is 14.6. The van der Waals surface area contributed by atoms with E-state index in [4.69, 9.17) is 9.26 Å². The van der Waals surface area contributed by atoms with Gasteiger partial charge in [0, 0.05) is 42.9 Å². The van der Waals surface area contributed by atoms with E-state index >= 15 is 0 Å². The Balaban J connectivity index is 0.000000183. The molecule has 0 atom stereocenters. The Morgan fingerprint density at radius 2 is 1.82 bits per heavy atom. The van der Waals surface area contributed by atoms with Gasteiger partial charge >= 0.3 is 6.01 Å². The van der Waals surface area contributed by atoms with E-state index in [9.17, 15) is 9.18 Å². The van der Waals surface area contributed by atoms with Gasteiger partial charge in [-0.2, -0.15) is 4.98 Å². The number of fused-ring (bicyclic) bond motifs is 1. The van der Waals surface area contributed by atoms with Gasteiger partial charge in [-0.05, 0) is 44.7 Å². The molecule has 6 rings (SSSR count). The second kappa shape index (κ2) is 14.6. The van der Waals surface area contributed by atoms with Gasteiger partial charge in [0.25, 0.3) is 0 Å². The van der Waals surface area contributed by atoms with Gasteiger partial charge in [-0.3, -0.25) is 4.79 Å². The van der Waals surface area contributed by atoms with Crippen LogP contribution >= 0.6 is 11.3 Å². The quantitative estimate of drug-likeness (QED) is 0.335. The molecule has 1 aliphatic carbocycles. The Hall–Kier alpha value is -3.01. The van der Waals surface area contributed by atoms with Crippen LogP contribution in [0.5, 0.6) is 5.75 Å². The molecule has 8 nitrogen and oxygen atoms in total. The monoisotopic (exact) mass is 571 g/mol. The van der Waals surface area contributed by atoms with Gasteiger partial charge in [0.05, 0.1) is 30.3 Å². The number of carbonyl (C=O) groups excluding carboxylic acids is 1. The molecule has 1 amide bonds. The fraction of sp³-hybridized carbons (Fsp3) is 0.600. The maximum absolute atomic E-state index is 14.1. The zero-order chi connectivity index (χ0) is 28.5. The molecule has 0 bridgehead atoms. The van der Waals surface area contributed by atoms with Crippen molar-refractivity contribution in [2.45, 2.75) is 91.5 Å². The van der Waals surface area contributed by atoms with Gasteiger partial charge in [-0.25, -0.2) is 9.37 Å². The third-order valence-corrected chi connectivity index (χ3v) is 7.79. The van der Waals surface area contributed by atoms with Crippen molar-refractivity contribution in [3.05, 3.63) is 51.0 Å². The second-order valence-electron chi connectivity index (χ2n) is 10.7. The molecule has 1 aromatic carbocycles. The van der Waals surface area contributed by atoms with Gasteiger partial charge in [-0.1, -0.05) is 44.3 Å². The molecule has 0 unspecified atom stereocenters. The highest BCUT2D eigenvalue weighted by Crippen LogP contribution is 2.26. The molecular weight excluding hydrogens is 529 g/mol. The van der Waals surface area contributed by atoms with Gasteiger partial charge in [0.15, 0.2) is 5.82 Å². The minimum atomic E-state index is -0.393. The summed E-state index contributed by atoms with van der Waals surface area (Å²) >= 11 is 1.63. The van der Waals surface area contributed by atoms with E-state index in [0.29, 0.717) is 42.9 Å². The van der Waals surface area contributed by atoms with Gasteiger partial charge in [0.2, 0.25) is 5.91 Å². The number of anilines is 1. The molecule has 4 heterocycles. The number of hydrogen-bond acceptors (Lipinski definition) is 8. The molecule has 3 aromatic rings. The first-order chi connectivity index (χ1) is 19.3. The molecule has 40 heavy (non-hydrogen) atoms. The number of carbonyl (C=O) groups is 1. The summed E-state index contributed by atoms with van der Waals surface area (Å²) in [6.07, 6.45) is 9.14.